The molecule has 2 amide bonds. The molecule has 4 nitrogen and oxygen atoms in total. The minimum absolute atomic E-state index is 0.0454. The van der Waals surface area contributed by atoms with Gasteiger partial charge in [0.05, 0.1) is 0 Å². The van der Waals surface area contributed by atoms with Crippen LogP contribution in [0.15, 0.2) is 18.2 Å². The van der Waals surface area contributed by atoms with Gasteiger partial charge >= 0.3 is 0 Å². The van der Waals surface area contributed by atoms with Gasteiger partial charge in [-0.2, -0.15) is 0 Å². The van der Waals surface area contributed by atoms with E-state index in [4.69, 9.17) is 0 Å². The number of aryl methyl sites for hydroxylation is 1. The highest BCUT2D eigenvalue weighted by atomic mass is 16.2. The van der Waals surface area contributed by atoms with Crippen LogP contribution in [0.3, 0.4) is 0 Å². The van der Waals surface area contributed by atoms with Crippen LogP contribution in [-0.2, 0) is 0 Å². The maximum atomic E-state index is 12.9. The first-order valence-electron chi connectivity index (χ1n) is 12.2. The van der Waals surface area contributed by atoms with Crippen molar-refractivity contribution >= 4 is 11.8 Å². The smallest absolute Gasteiger partial charge is 0.251 e. The van der Waals surface area contributed by atoms with E-state index in [1.165, 1.54) is 44.9 Å². The van der Waals surface area contributed by atoms with Gasteiger partial charge in [0.1, 0.15) is 0 Å². The molecule has 0 radical (unpaired) electrons. The maximum absolute atomic E-state index is 12.9. The van der Waals surface area contributed by atoms with Crippen LogP contribution in [0.5, 0.6) is 0 Å². The van der Waals surface area contributed by atoms with Gasteiger partial charge in [0.25, 0.3) is 11.8 Å². The predicted molar refractivity (Wildman–Crippen MR) is 123 cm³/mol. The summed E-state index contributed by atoms with van der Waals surface area (Å²) in [5, 5.41) is 6.46. The Morgan fingerprint density at radius 3 is 1.97 bits per heavy atom. The molecule has 3 rings (SSSR count). The molecule has 2 aliphatic rings. The lowest BCUT2D eigenvalue weighted by Crippen LogP contribution is -2.36. The Morgan fingerprint density at radius 2 is 1.37 bits per heavy atom. The summed E-state index contributed by atoms with van der Waals surface area (Å²) in [4.78, 5) is 25.8. The molecule has 0 saturated heterocycles. The molecule has 2 saturated carbocycles. The molecule has 2 N–H and O–H groups in total. The van der Waals surface area contributed by atoms with Gasteiger partial charge in [0.15, 0.2) is 0 Å². The van der Waals surface area contributed by atoms with Crippen LogP contribution in [0, 0.1) is 18.8 Å². The van der Waals surface area contributed by atoms with E-state index in [-0.39, 0.29) is 23.9 Å². The van der Waals surface area contributed by atoms with Gasteiger partial charge in [-0.3, -0.25) is 9.59 Å². The molecule has 0 bridgehead atoms. The highest BCUT2D eigenvalue weighted by Gasteiger charge is 2.22. The quantitative estimate of drug-likeness (QED) is 0.602. The van der Waals surface area contributed by atoms with E-state index in [9.17, 15) is 9.59 Å². The first kappa shape index (κ1) is 22.8. The van der Waals surface area contributed by atoms with Crippen LogP contribution in [0.4, 0.5) is 0 Å². The van der Waals surface area contributed by atoms with Crippen LogP contribution in [-0.4, -0.2) is 23.9 Å². The number of hydrogen-bond acceptors (Lipinski definition) is 2. The van der Waals surface area contributed by atoms with Crippen molar-refractivity contribution in [1.82, 2.24) is 10.6 Å². The second-order valence-corrected chi connectivity index (χ2v) is 9.82. The highest BCUT2D eigenvalue weighted by molar-refractivity contribution is 6.00. The van der Waals surface area contributed by atoms with Crippen molar-refractivity contribution < 1.29 is 9.59 Å². The molecule has 4 atom stereocenters. The number of carbonyl (C=O) groups is 2. The zero-order chi connectivity index (χ0) is 21.5. The minimum Gasteiger partial charge on any atom is -0.349 e. The Kier molecular flexibility index (Phi) is 8.35. The monoisotopic (exact) mass is 412 g/mol. The van der Waals surface area contributed by atoms with E-state index in [0.717, 1.165) is 43.1 Å². The van der Waals surface area contributed by atoms with Gasteiger partial charge in [-0.1, -0.05) is 46.0 Å². The number of amides is 2. The van der Waals surface area contributed by atoms with Crippen LogP contribution >= 0.6 is 0 Å². The second kappa shape index (κ2) is 11.0. The summed E-state index contributed by atoms with van der Waals surface area (Å²) < 4.78 is 0. The Balaban J connectivity index is 1.62. The van der Waals surface area contributed by atoms with Crippen LogP contribution in [0.2, 0.25) is 0 Å². The molecule has 2 aliphatic carbocycles. The summed E-state index contributed by atoms with van der Waals surface area (Å²) in [5.74, 6) is 1.45. The Labute approximate surface area is 182 Å². The third-order valence-electron chi connectivity index (χ3n) is 7.20. The zero-order valence-electron chi connectivity index (χ0n) is 19.1. The van der Waals surface area contributed by atoms with Crippen molar-refractivity contribution in [3.63, 3.8) is 0 Å². The van der Waals surface area contributed by atoms with E-state index in [0.29, 0.717) is 11.1 Å². The predicted octanol–water partition coefficient (Wildman–Crippen LogP) is 5.78. The molecular formula is C26H40N2O2. The van der Waals surface area contributed by atoms with E-state index in [1.54, 1.807) is 6.07 Å². The number of rotatable bonds is 5. The molecule has 0 aliphatic heterocycles. The lowest BCUT2D eigenvalue weighted by molar-refractivity contribution is 0.0932. The van der Waals surface area contributed by atoms with Gasteiger partial charge in [-0.15, -0.1) is 0 Å². The average molecular weight is 413 g/mol. The summed E-state index contributed by atoms with van der Waals surface area (Å²) in [7, 11) is 0. The van der Waals surface area contributed by atoms with Crippen molar-refractivity contribution in [2.75, 3.05) is 0 Å². The summed E-state index contributed by atoms with van der Waals surface area (Å²) in [5.41, 5.74) is 2.16. The van der Waals surface area contributed by atoms with Gasteiger partial charge in [0.2, 0.25) is 0 Å². The molecular weight excluding hydrogens is 372 g/mol. The molecule has 166 valence electrons. The zero-order valence-corrected chi connectivity index (χ0v) is 19.1. The van der Waals surface area contributed by atoms with Crippen molar-refractivity contribution in [2.45, 2.75) is 103 Å². The van der Waals surface area contributed by atoms with Crippen molar-refractivity contribution in [3.05, 3.63) is 34.9 Å². The summed E-state index contributed by atoms with van der Waals surface area (Å²) in [6.45, 7) is 6.52. The molecule has 1 aromatic carbocycles. The highest BCUT2D eigenvalue weighted by Crippen LogP contribution is 2.26. The van der Waals surface area contributed by atoms with Crippen LogP contribution in [0.25, 0.3) is 0 Å². The van der Waals surface area contributed by atoms with Crippen molar-refractivity contribution in [2.24, 2.45) is 11.8 Å². The minimum atomic E-state index is -0.0486. The summed E-state index contributed by atoms with van der Waals surface area (Å²) in [6, 6.07) is 6.05. The molecule has 30 heavy (non-hydrogen) atoms. The Hall–Kier alpha value is -1.84. The number of nitrogens with one attached hydrogen (secondary N) is 2. The molecule has 2 fully saturated rings. The maximum Gasteiger partial charge on any atom is 0.251 e. The molecule has 0 spiro atoms. The third-order valence-corrected chi connectivity index (χ3v) is 7.20. The van der Waals surface area contributed by atoms with E-state index >= 15 is 0 Å². The number of hydrogen-bond donors (Lipinski definition) is 2. The molecule has 1 aromatic rings. The van der Waals surface area contributed by atoms with Crippen LogP contribution < -0.4 is 10.6 Å². The SMILES string of the molecule is CCC1CCCC(NC(=O)c2cc(C)cc(C(=O)NC3CCCC(C)CC3)c2)CC1. The van der Waals surface area contributed by atoms with Gasteiger partial charge in [-0.05, 0) is 81.0 Å². The lowest BCUT2D eigenvalue weighted by Gasteiger charge is -2.18. The van der Waals surface area contributed by atoms with Gasteiger partial charge in [0, 0.05) is 23.2 Å². The lowest BCUT2D eigenvalue weighted by atomic mass is 9.97. The normalized spacial score (nSPS) is 27.6. The van der Waals surface area contributed by atoms with Crippen LogP contribution in [0.1, 0.15) is 111 Å². The second-order valence-electron chi connectivity index (χ2n) is 9.82. The summed E-state index contributed by atoms with van der Waals surface area (Å²) in [6.07, 6.45) is 12.7. The average Bonchev–Trinajstić information content (AvgIpc) is 3.07. The Bertz CT molecular complexity index is 730. The Morgan fingerprint density at radius 1 is 0.800 bits per heavy atom. The summed E-state index contributed by atoms with van der Waals surface area (Å²) >= 11 is 0. The molecule has 4 heteroatoms. The third kappa shape index (κ3) is 6.58. The largest absolute Gasteiger partial charge is 0.349 e. The van der Waals surface area contributed by atoms with Crippen molar-refractivity contribution in [1.29, 1.82) is 0 Å². The van der Waals surface area contributed by atoms with E-state index < -0.39 is 0 Å². The first-order chi connectivity index (χ1) is 14.4. The van der Waals surface area contributed by atoms with Crippen molar-refractivity contribution in [3.8, 4) is 0 Å². The van der Waals surface area contributed by atoms with E-state index in [2.05, 4.69) is 24.5 Å². The number of benzene rings is 1. The first-order valence-corrected chi connectivity index (χ1v) is 12.2. The fourth-order valence-electron chi connectivity index (χ4n) is 5.15. The molecule has 4 unspecified atom stereocenters. The topological polar surface area (TPSA) is 58.2 Å². The molecule has 0 aromatic heterocycles. The van der Waals surface area contributed by atoms with E-state index in [1.807, 2.05) is 19.1 Å². The number of carbonyl (C=O) groups excluding carboxylic acids is 2. The molecule has 0 heterocycles. The standard InChI is InChI=1S/C26H40N2O2/c1-4-20-8-6-10-24(14-12-20)28-26(30)22-16-19(3)15-21(17-22)25(29)27-23-9-5-7-18(2)11-13-23/h15-18,20,23-24H,4-14H2,1-3H3,(H,27,29)(H,28,30). The van der Waals surface area contributed by atoms with Gasteiger partial charge in [-0.25, -0.2) is 0 Å². The fourth-order valence-corrected chi connectivity index (χ4v) is 5.15. The fraction of sp³-hybridized carbons (Fsp3) is 0.692. The van der Waals surface area contributed by atoms with Gasteiger partial charge < -0.3 is 10.6 Å².